The Labute approximate surface area is 135 Å². The number of carbonyl (C=O) groups is 2. The van der Waals surface area contributed by atoms with Crippen molar-refractivity contribution in [2.75, 3.05) is 6.61 Å². The summed E-state index contributed by atoms with van der Waals surface area (Å²) >= 11 is 9.25. The van der Waals surface area contributed by atoms with Crippen LogP contribution in [0, 0.1) is 5.92 Å². The van der Waals surface area contributed by atoms with E-state index in [4.69, 9.17) is 21.4 Å². The zero-order chi connectivity index (χ0) is 15.4. The molecule has 1 amide bonds. The van der Waals surface area contributed by atoms with Crippen molar-refractivity contribution in [2.45, 2.75) is 12.5 Å². The van der Waals surface area contributed by atoms with Crippen LogP contribution in [0.4, 0.5) is 0 Å². The van der Waals surface area contributed by atoms with E-state index in [9.17, 15) is 9.59 Å². The van der Waals surface area contributed by atoms with Gasteiger partial charge in [-0.3, -0.25) is 9.59 Å². The summed E-state index contributed by atoms with van der Waals surface area (Å²) in [4.78, 5) is 22.6. The molecule has 7 heteroatoms. The Balaban J connectivity index is 1.81. The molecule has 1 aliphatic carbocycles. The fourth-order valence-electron chi connectivity index (χ4n) is 1.97. The number of hydrogen-bond donors (Lipinski definition) is 2. The van der Waals surface area contributed by atoms with Gasteiger partial charge in [-0.05, 0) is 24.6 Å². The Kier molecular flexibility index (Phi) is 5.25. The standard InChI is InChI=1S/C14H13BrClNO4/c15-9-2-4-12(11(16)6-9)21-7-13(18)17-10-3-1-8(5-10)14(19)20/h1-4,6,8,10H,5,7H2,(H,17,18)(H,19,20). The third-order valence-electron chi connectivity index (χ3n) is 3.00. The van der Waals surface area contributed by atoms with Crippen LogP contribution >= 0.6 is 27.5 Å². The molecule has 21 heavy (non-hydrogen) atoms. The van der Waals surface area contributed by atoms with Crippen molar-refractivity contribution in [2.24, 2.45) is 5.92 Å². The van der Waals surface area contributed by atoms with Crippen LogP contribution in [0.3, 0.4) is 0 Å². The van der Waals surface area contributed by atoms with Gasteiger partial charge in [0.2, 0.25) is 0 Å². The Morgan fingerprint density at radius 3 is 2.81 bits per heavy atom. The number of benzene rings is 1. The van der Waals surface area contributed by atoms with Crippen molar-refractivity contribution in [3.63, 3.8) is 0 Å². The van der Waals surface area contributed by atoms with Crippen LogP contribution in [0.2, 0.25) is 5.02 Å². The van der Waals surface area contributed by atoms with Crippen molar-refractivity contribution >= 4 is 39.4 Å². The number of ether oxygens (including phenoxy) is 1. The van der Waals surface area contributed by atoms with Gasteiger partial charge in [0.05, 0.1) is 10.9 Å². The van der Waals surface area contributed by atoms with E-state index >= 15 is 0 Å². The van der Waals surface area contributed by atoms with Gasteiger partial charge >= 0.3 is 5.97 Å². The lowest BCUT2D eigenvalue weighted by Crippen LogP contribution is -2.36. The number of nitrogens with one attached hydrogen (secondary N) is 1. The van der Waals surface area contributed by atoms with Gasteiger partial charge in [0.1, 0.15) is 5.75 Å². The van der Waals surface area contributed by atoms with Crippen LogP contribution in [0.15, 0.2) is 34.8 Å². The first-order valence-electron chi connectivity index (χ1n) is 6.24. The minimum Gasteiger partial charge on any atom is -0.482 e. The molecule has 0 spiro atoms. The maximum Gasteiger partial charge on any atom is 0.310 e. The largest absolute Gasteiger partial charge is 0.482 e. The van der Waals surface area contributed by atoms with Gasteiger partial charge in [0, 0.05) is 10.5 Å². The summed E-state index contributed by atoms with van der Waals surface area (Å²) in [6.45, 7) is -0.177. The molecule has 0 saturated carbocycles. The number of carboxylic acids is 1. The lowest BCUT2D eigenvalue weighted by molar-refractivity contribution is -0.140. The highest BCUT2D eigenvalue weighted by Gasteiger charge is 2.25. The number of hydrogen-bond acceptors (Lipinski definition) is 3. The molecule has 0 bridgehead atoms. The molecule has 0 radical (unpaired) electrons. The molecule has 1 aliphatic rings. The molecule has 0 saturated heterocycles. The van der Waals surface area contributed by atoms with Crippen molar-refractivity contribution < 1.29 is 19.4 Å². The third kappa shape index (κ3) is 4.47. The summed E-state index contributed by atoms with van der Waals surface area (Å²) in [7, 11) is 0. The van der Waals surface area contributed by atoms with E-state index in [1.807, 2.05) is 0 Å². The second-order valence-electron chi connectivity index (χ2n) is 4.60. The molecule has 0 aliphatic heterocycles. The van der Waals surface area contributed by atoms with Crippen molar-refractivity contribution in [1.82, 2.24) is 5.32 Å². The number of aliphatic carboxylic acids is 1. The summed E-state index contributed by atoms with van der Waals surface area (Å²) in [5, 5.41) is 12.0. The molecule has 0 fully saturated rings. The van der Waals surface area contributed by atoms with Gasteiger partial charge in [-0.2, -0.15) is 0 Å². The van der Waals surface area contributed by atoms with E-state index in [1.54, 1.807) is 30.4 Å². The van der Waals surface area contributed by atoms with Gasteiger partial charge in [0.15, 0.2) is 6.61 Å². The fourth-order valence-corrected chi connectivity index (χ4v) is 2.70. The topological polar surface area (TPSA) is 75.6 Å². The Hall–Kier alpha value is -1.53. The van der Waals surface area contributed by atoms with Crippen LogP contribution in [0.5, 0.6) is 5.75 Å². The fraction of sp³-hybridized carbons (Fsp3) is 0.286. The molecule has 2 unspecified atom stereocenters. The second-order valence-corrected chi connectivity index (χ2v) is 5.93. The normalized spacial score (nSPS) is 20.3. The van der Waals surface area contributed by atoms with E-state index in [0.29, 0.717) is 17.2 Å². The minimum absolute atomic E-state index is 0.177. The molecule has 5 nitrogen and oxygen atoms in total. The average molecular weight is 375 g/mol. The molecular formula is C14H13BrClNO4. The Morgan fingerprint density at radius 2 is 2.19 bits per heavy atom. The van der Waals surface area contributed by atoms with Crippen LogP contribution < -0.4 is 10.1 Å². The average Bonchev–Trinajstić information content (AvgIpc) is 2.86. The van der Waals surface area contributed by atoms with E-state index < -0.39 is 11.9 Å². The van der Waals surface area contributed by atoms with Crippen molar-refractivity contribution in [3.8, 4) is 5.75 Å². The molecule has 2 atom stereocenters. The molecule has 1 aromatic carbocycles. The van der Waals surface area contributed by atoms with Gasteiger partial charge in [-0.1, -0.05) is 39.7 Å². The van der Waals surface area contributed by atoms with Gasteiger partial charge in [-0.25, -0.2) is 0 Å². The predicted molar refractivity (Wildman–Crippen MR) is 81.5 cm³/mol. The Bertz CT molecular complexity index is 590. The summed E-state index contributed by atoms with van der Waals surface area (Å²) < 4.78 is 6.15. The van der Waals surface area contributed by atoms with E-state index in [1.165, 1.54) is 0 Å². The van der Waals surface area contributed by atoms with E-state index in [0.717, 1.165) is 4.47 Å². The maximum absolute atomic E-state index is 11.8. The quantitative estimate of drug-likeness (QED) is 0.777. The van der Waals surface area contributed by atoms with Crippen molar-refractivity contribution in [1.29, 1.82) is 0 Å². The monoisotopic (exact) mass is 373 g/mol. The zero-order valence-corrected chi connectivity index (χ0v) is 13.2. The van der Waals surface area contributed by atoms with Crippen LogP contribution in [0.25, 0.3) is 0 Å². The van der Waals surface area contributed by atoms with Gasteiger partial charge in [-0.15, -0.1) is 0 Å². The minimum atomic E-state index is -0.888. The molecule has 2 N–H and O–H groups in total. The first kappa shape index (κ1) is 15.9. The summed E-state index contributed by atoms with van der Waals surface area (Å²) in [6, 6.07) is 4.82. The lowest BCUT2D eigenvalue weighted by Gasteiger charge is -2.13. The first-order valence-corrected chi connectivity index (χ1v) is 7.41. The van der Waals surface area contributed by atoms with Crippen molar-refractivity contribution in [3.05, 3.63) is 39.8 Å². The summed E-state index contributed by atoms with van der Waals surface area (Å²) in [5.74, 6) is -1.34. The zero-order valence-electron chi connectivity index (χ0n) is 10.9. The molecule has 112 valence electrons. The molecular weight excluding hydrogens is 362 g/mol. The van der Waals surface area contributed by atoms with E-state index in [2.05, 4.69) is 21.2 Å². The highest BCUT2D eigenvalue weighted by molar-refractivity contribution is 9.10. The second kappa shape index (κ2) is 6.95. The number of carboxylic acid groups (broad SMARTS) is 1. The number of amides is 1. The SMILES string of the molecule is O=C(COc1ccc(Br)cc1Cl)NC1C=CC(C(=O)O)C1. The highest BCUT2D eigenvalue weighted by atomic mass is 79.9. The smallest absolute Gasteiger partial charge is 0.310 e. The Morgan fingerprint density at radius 1 is 1.43 bits per heavy atom. The molecule has 0 heterocycles. The van der Waals surface area contributed by atoms with Crippen LogP contribution in [-0.2, 0) is 9.59 Å². The number of carbonyl (C=O) groups excluding carboxylic acids is 1. The van der Waals surface area contributed by atoms with Crippen LogP contribution in [-0.4, -0.2) is 29.6 Å². The third-order valence-corrected chi connectivity index (χ3v) is 3.79. The maximum atomic E-state index is 11.8. The number of halogens is 2. The predicted octanol–water partition coefficient (Wildman–Crippen LogP) is 2.63. The van der Waals surface area contributed by atoms with E-state index in [-0.39, 0.29) is 18.6 Å². The molecule has 2 rings (SSSR count). The van der Waals surface area contributed by atoms with Crippen LogP contribution in [0.1, 0.15) is 6.42 Å². The van der Waals surface area contributed by atoms with Gasteiger partial charge < -0.3 is 15.2 Å². The molecule has 0 aromatic heterocycles. The number of rotatable bonds is 5. The summed E-state index contributed by atoms with van der Waals surface area (Å²) in [5.41, 5.74) is 0. The molecule has 1 aromatic rings. The lowest BCUT2D eigenvalue weighted by atomic mass is 10.1. The summed E-state index contributed by atoms with van der Waals surface area (Å²) in [6.07, 6.45) is 3.63. The van der Waals surface area contributed by atoms with Gasteiger partial charge in [0.25, 0.3) is 5.91 Å². The highest BCUT2D eigenvalue weighted by Crippen LogP contribution is 2.27. The first-order chi connectivity index (χ1) is 9.95.